The summed E-state index contributed by atoms with van der Waals surface area (Å²) in [5.41, 5.74) is 1.20. The van der Waals surface area contributed by atoms with Crippen molar-refractivity contribution < 1.29 is 27.9 Å². The Morgan fingerprint density at radius 3 is 2.25 bits per heavy atom. The van der Waals surface area contributed by atoms with Crippen molar-refractivity contribution >= 4 is 27.9 Å². The van der Waals surface area contributed by atoms with Gasteiger partial charge in [-0.1, -0.05) is 6.07 Å². The molecule has 0 saturated carbocycles. The average molecular weight is 359 g/mol. The molecular weight excluding hydrogens is 338 g/mol. The lowest BCUT2D eigenvalue weighted by atomic mass is 10.2. The SMILES string of the molecule is CN(C)S(=O)(=O)c1cccc(N(NC(=O)OC(C)(C)C)C(=O)O)c1. The van der Waals surface area contributed by atoms with E-state index in [1.54, 1.807) is 20.8 Å². The standard InChI is InChI=1S/C14H21N3O6S/c1-14(2,3)23-12(18)15-17(13(19)20)10-7-6-8-11(9-10)24(21,22)16(4)5/h6-9H,1-5H3,(H,15,18)(H,19,20). The van der Waals surface area contributed by atoms with Crippen molar-refractivity contribution in [1.82, 2.24) is 9.73 Å². The zero-order valence-electron chi connectivity index (χ0n) is 14.1. The Kier molecular flexibility index (Phi) is 5.80. The van der Waals surface area contributed by atoms with Crippen LogP contribution in [0.5, 0.6) is 0 Å². The molecular formula is C14H21N3O6S. The zero-order valence-corrected chi connectivity index (χ0v) is 14.9. The van der Waals surface area contributed by atoms with Crippen LogP contribution >= 0.6 is 0 Å². The summed E-state index contributed by atoms with van der Waals surface area (Å²) in [7, 11) is -1.03. The number of amides is 2. The van der Waals surface area contributed by atoms with E-state index in [1.807, 2.05) is 0 Å². The van der Waals surface area contributed by atoms with Crippen LogP contribution in [0, 0.1) is 0 Å². The number of nitrogens with one attached hydrogen (secondary N) is 1. The van der Waals surface area contributed by atoms with Gasteiger partial charge in [0.2, 0.25) is 10.0 Å². The quantitative estimate of drug-likeness (QED) is 0.796. The molecule has 0 aliphatic carbocycles. The Morgan fingerprint density at radius 1 is 1.21 bits per heavy atom. The molecule has 0 bridgehead atoms. The van der Waals surface area contributed by atoms with Crippen LogP contribution in [0.3, 0.4) is 0 Å². The maximum atomic E-state index is 12.1. The van der Waals surface area contributed by atoms with Gasteiger partial charge in [0, 0.05) is 14.1 Å². The highest BCUT2D eigenvalue weighted by molar-refractivity contribution is 7.89. The minimum atomic E-state index is -3.75. The first kappa shape index (κ1) is 19.7. The molecule has 0 unspecified atom stereocenters. The van der Waals surface area contributed by atoms with Gasteiger partial charge in [-0.05, 0) is 39.0 Å². The monoisotopic (exact) mass is 359 g/mol. The van der Waals surface area contributed by atoms with Crippen molar-refractivity contribution in [3.05, 3.63) is 24.3 Å². The van der Waals surface area contributed by atoms with Crippen LogP contribution in [0.2, 0.25) is 0 Å². The highest BCUT2D eigenvalue weighted by Gasteiger charge is 2.24. The van der Waals surface area contributed by atoms with E-state index in [4.69, 9.17) is 4.74 Å². The van der Waals surface area contributed by atoms with Crippen LogP contribution in [0.15, 0.2) is 29.2 Å². The third-order valence-electron chi connectivity index (χ3n) is 2.65. The molecule has 9 nitrogen and oxygen atoms in total. The number of nitrogens with zero attached hydrogens (tertiary/aromatic N) is 2. The number of hydrazine groups is 1. The Bertz CT molecular complexity index is 724. The summed E-state index contributed by atoms with van der Waals surface area (Å²) in [6, 6.07) is 5.19. The third kappa shape index (κ3) is 5.10. The van der Waals surface area contributed by atoms with Crippen molar-refractivity contribution in [3.8, 4) is 0 Å². The van der Waals surface area contributed by atoms with Gasteiger partial charge in [0.25, 0.3) is 0 Å². The van der Waals surface area contributed by atoms with Gasteiger partial charge in [-0.15, -0.1) is 0 Å². The van der Waals surface area contributed by atoms with Crippen LogP contribution in [-0.4, -0.2) is 49.7 Å². The van der Waals surface area contributed by atoms with E-state index in [1.165, 1.54) is 32.3 Å². The van der Waals surface area contributed by atoms with Gasteiger partial charge < -0.3 is 9.84 Å². The fraction of sp³-hybridized carbons (Fsp3) is 0.429. The third-order valence-corrected chi connectivity index (χ3v) is 4.46. The van der Waals surface area contributed by atoms with Crippen molar-refractivity contribution in [2.45, 2.75) is 31.3 Å². The topological polar surface area (TPSA) is 116 Å². The van der Waals surface area contributed by atoms with Crippen LogP contribution in [0.1, 0.15) is 20.8 Å². The van der Waals surface area contributed by atoms with Gasteiger partial charge in [0.1, 0.15) is 5.60 Å². The molecule has 0 heterocycles. The molecule has 2 amide bonds. The normalized spacial score (nSPS) is 11.9. The molecule has 0 aromatic heterocycles. The average Bonchev–Trinajstić information content (AvgIpc) is 2.42. The molecule has 0 aliphatic rings. The summed E-state index contributed by atoms with van der Waals surface area (Å²) < 4.78 is 30.3. The first-order chi connectivity index (χ1) is 10.8. The lowest BCUT2D eigenvalue weighted by Gasteiger charge is -2.24. The molecule has 0 fully saturated rings. The number of hydrogen-bond donors (Lipinski definition) is 2. The maximum Gasteiger partial charge on any atom is 0.431 e. The van der Waals surface area contributed by atoms with Crippen molar-refractivity contribution in [1.29, 1.82) is 0 Å². The zero-order chi connectivity index (χ0) is 18.7. The lowest BCUT2D eigenvalue weighted by molar-refractivity contribution is 0.0518. The summed E-state index contributed by atoms with van der Waals surface area (Å²) in [6.45, 7) is 4.88. The van der Waals surface area contributed by atoms with Gasteiger partial charge in [0.05, 0.1) is 10.6 Å². The highest BCUT2D eigenvalue weighted by Crippen LogP contribution is 2.20. The number of hydrogen-bond acceptors (Lipinski definition) is 5. The van der Waals surface area contributed by atoms with E-state index in [-0.39, 0.29) is 10.6 Å². The molecule has 2 N–H and O–H groups in total. The second-order valence-corrected chi connectivity index (χ2v) is 8.17. The minimum absolute atomic E-state index is 0.0451. The number of benzene rings is 1. The number of carboxylic acid groups (broad SMARTS) is 1. The smallest absolute Gasteiger partial charge is 0.431 e. The number of carbonyl (C=O) groups is 2. The van der Waals surface area contributed by atoms with E-state index in [2.05, 4.69) is 5.43 Å². The molecule has 0 saturated heterocycles. The van der Waals surface area contributed by atoms with Crippen LogP contribution in [0.4, 0.5) is 15.3 Å². The van der Waals surface area contributed by atoms with Gasteiger partial charge in [-0.3, -0.25) is 0 Å². The van der Waals surface area contributed by atoms with E-state index in [0.29, 0.717) is 5.01 Å². The Labute approximate surface area is 140 Å². The largest absolute Gasteiger partial charge is 0.463 e. The maximum absolute atomic E-state index is 12.1. The fourth-order valence-electron chi connectivity index (χ4n) is 1.61. The predicted molar refractivity (Wildman–Crippen MR) is 87.2 cm³/mol. The van der Waals surface area contributed by atoms with Gasteiger partial charge >= 0.3 is 12.2 Å². The summed E-state index contributed by atoms with van der Waals surface area (Å²) in [5, 5.41) is 9.76. The molecule has 10 heteroatoms. The molecule has 1 aromatic carbocycles. The van der Waals surface area contributed by atoms with Gasteiger partial charge in [-0.25, -0.2) is 27.7 Å². The van der Waals surface area contributed by atoms with Gasteiger partial charge in [-0.2, -0.15) is 5.01 Å². The number of carbonyl (C=O) groups excluding carboxylic acids is 1. The molecule has 134 valence electrons. The molecule has 0 aliphatic heterocycles. The summed E-state index contributed by atoms with van der Waals surface area (Å²) >= 11 is 0. The number of anilines is 1. The second-order valence-electron chi connectivity index (χ2n) is 6.02. The van der Waals surface area contributed by atoms with Crippen LogP contribution in [-0.2, 0) is 14.8 Å². The van der Waals surface area contributed by atoms with Crippen molar-refractivity contribution in [2.75, 3.05) is 19.1 Å². The van der Waals surface area contributed by atoms with E-state index >= 15 is 0 Å². The molecule has 1 aromatic rings. The summed E-state index contributed by atoms with van der Waals surface area (Å²) in [5.74, 6) is 0. The Hall–Kier alpha value is -2.33. The molecule has 1 rings (SSSR count). The molecule has 0 radical (unpaired) electrons. The summed E-state index contributed by atoms with van der Waals surface area (Å²) in [4.78, 5) is 23.1. The van der Waals surface area contributed by atoms with E-state index < -0.39 is 27.8 Å². The first-order valence-corrected chi connectivity index (χ1v) is 8.34. The highest BCUT2D eigenvalue weighted by atomic mass is 32.2. The van der Waals surface area contributed by atoms with Crippen LogP contribution in [0.25, 0.3) is 0 Å². The Morgan fingerprint density at radius 2 is 1.79 bits per heavy atom. The van der Waals surface area contributed by atoms with E-state index in [9.17, 15) is 23.1 Å². The van der Waals surface area contributed by atoms with Crippen molar-refractivity contribution in [2.24, 2.45) is 0 Å². The van der Waals surface area contributed by atoms with Gasteiger partial charge in [0.15, 0.2) is 0 Å². The number of ether oxygens (including phenoxy) is 1. The minimum Gasteiger partial charge on any atom is -0.463 e. The lowest BCUT2D eigenvalue weighted by Crippen LogP contribution is -2.47. The second kappa shape index (κ2) is 7.05. The van der Waals surface area contributed by atoms with Crippen LogP contribution < -0.4 is 10.4 Å². The number of rotatable bonds is 3. The van der Waals surface area contributed by atoms with Crippen molar-refractivity contribution in [3.63, 3.8) is 0 Å². The predicted octanol–water partition coefficient (Wildman–Crippen LogP) is 1.86. The number of sulfonamides is 1. The van der Waals surface area contributed by atoms with E-state index in [0.717, 1.165) is 10.4 Å². The Balaban J connectivity index is 3.15. The molecule has 0 atom stereocenters. The first-order valence-electron chi connectivity index (χ1n) is 6.90. The molecule has 0 spiro atoms. The summed E-state index contributed by atoms with van der Waals surface area (Å²) in [6.07, 6.45) is -2.48. The fourth-order valence-corrected chi connectivity index (χ4v) is 2.55. The molecule has 24 heavy (non-hydrogen) atoms.